The summed E-state index contributed by atoms with van der Waals surface area (Å²) < 4.78 is 5.14. The van der Waals surface area contributed by atoms with Crippen LogP contribution in [0.15, 0.2) is 36.4 Å². The van der Waals surface area contributed by atoms with Crippen molar-refractivity contribution in [2.24, 2.45) is 5.92 Å². The minimum Gasteiger partial charge on any atom is -0.426 e. The number of rotatable bonds is 4. The fourth-order valence-electron chi connectivity index (χ4n) is 3.74. The Balaban J connectivity index is 1.29. The first-order chi connectivity index (χ1) is 13.5. The molecule has 1 fully saturated rings. The molecule has 2 aromatic rings. The first-order valence-electron chi connectivity index (χ1n) is 9.31. The molecular weight excluding hydrogens is 399 g/mol. The van der Waals surface area contributed by atoms with Crippen LogP contribution in [0, 0.1) is 5.92 Å². The second kappa shape index (κ2) is 8.02. The molecule has 0 unspecified atom stereocenters. The number of benzene rings is 2. The predicted octanol–water partition coefficient (Wildman–Crippen LogP) is 4.70. The standard InChI is InChI=1S/C21H20Cl2N2O3/c22-17-4-3-16(12-18(17)23)25-7-5-13(6-8-25)9-20(26)24-15-2-1-14-10-21(27)28-19(14)11-15/h1-4,11-13H,5-10H2,(H,24,26). The summed E-state index contributed by atoms with van der Waals surface area (Å²) in [5.41, 5.74) is 2.58. The Morgan fingerprint density at radius 3 is 2.64 bits per heavy atom. The fourth-order valence-corrected chi connectivity index (χ4v) is 4.03. The van der Waals surface area contributed by atoms with E-state index in [1.54, 1.807) is 6.07 Å². The highest BCUT2D eigenvalue weighted by molar-refractivity contribution is 6.42. The number of fused-ring (bicyclic) bond motifs is 1. The van der Waals surface area contributed by atoms with E-state index in [-0.39, 0.29) is 11.9 Å². The molecule has 2 aromatic carbocycles. The third kappa shape index (κ3) is 4.26. The molecule has 0 aliphatic carbocycles. The lowest BCUT2D eigenvalue weighted by Crippen LogP contribution is -2.34. The van der Waals surface area contributed by atoms with Gasteiger partial charge in [0, 0.05) is 42.5 Å². The number of carbonyl (C=O) groups is 2. The summed E-state index contributed by atoms with van der Waals surface area (Å²) in [5, 5.41) is 4.02. The second-order valence-electron chi connectivity index (χ2n) is 7.25. The van der Waals surface area contributed by atoms with Crippen LogP contribution in [0.4, 0.5) is 11.4 Å². The van der Waals surface area contributed by atoms with E-state index in [2.05, 4.69) is 10.2 Å². The Labute approximate surface area is 173 Å². The number of piperidine rings is 1. The largest absolute Gasteiger partial charge is 0.426 e. The molecule has 2 aliphatic heterocycles. The lowest BCUT2D eigenvalue weighted by molar-refractivity contribution is -0.131. The number of ether oxygens (including phenoxy) is 1. The van der Waals surface area contributed by atoms with Crippen LogP contribution in [0.1, 0.15) is 24.8 Å². The van der Waals surface area contributed by atoms with E-state index in [9.17, 15) is 9.59 Å². The molecule has 0 bridgehead atoms. The minimum atomic E-state index is -0.257. The molecule has 146 valence electrons. The lowest BCUT2D eigenvalue weighted by Gasteiger charge is -2.33. The number of hydrogen-bond acceptors (Lipinski definition) is 4. The van der Waals surface area contributed by atoms with Gasteiger partial charge in [0.2, 0.25) is 5.91 Å². The Morgan fingerprint density at radius 1 is 1.11 bits per heavy atom. The van der Waals surface area contributed by atoms with Crippen molar-refractivity contribution >= 4 is 46.5 Å². The van der Waals surface area contributed by atoms with Crippen molar-refractivity contribution in [1.29, 1.82) is 0 Å². The van der Waals surface area contributed by atoms with Gasteiger partial charge in [0.15, 0.2) is 0 Å². The molecule has 0 saturated carbocycles. The maximum Gasteiger partial charge on any atom is 0.315 e. The Morgan fingerprint density at radius 2 is 1.89 bits per heavy atom. The van der Waals surface area contributed by atoms with Gasteiger partial charge in [-0.2, -0.15) is 0 Å². The van der Waals surface area contributed by atoms with E-state index in [0.29, 0.717) is 40.2 Å². The third-order valence-corrected chi connectivity index (χ3v) is 6.01. The molecular formula is C21H20Cl2N2O3. The summed E-state index contributed by atoms with van der Waals surface area (Å²) in [5.74, 6) is 0.605. The van der Waals surface area contributed by atoms with E-state index < -0.39 is 0 Å². The number of hydrogen-bond donors (Lipinski definition) is 1. The zero-order valence-corrected chi connectivity index (χ0v) is 16.7. The smallest absolute Gasteiger partial charge is 0.315 e. The predicted molar refractivity (Wildman–Crippen MR) is 110 cm³/mol. The van der Waals surface area contributed by atoms with Gasteiger partial charge in [-0.25, -0.2) is 0 Å². The molecule has 0 radical (unpaired) electrons. The van der Waals surface area contributed by atoms with Crippen LogP contribution in [-0.2, 0) is 16.0 Å². The molecule has 1 amide bonds. The zero-order chi connectivity index (χ0) is 19.7. The first kappa shape index (κ1) is 19.1. The van der Waals surface area contributed by atoms with Gasteiger partial charge >= 0.3 is 5.97 Å². The van der Waals surface area contributed by atoms with Crippen LogP contribution in [0.5, 0.6) is 5.75 Å². The molecule has 0 spiro atoms. The highest BCUT2D eigenvalue weighted by atomic mass is 35.5. The number of halogens is 2. The summed E-state index contributed by atoms with van der Waals surface area (Å²) in [7, 11) is 0. The van der Waals surface area contributed by atoms with Crippen LogP contribution in [0.2, 0.25) is 10.0 Å². The summed E-state index contributed by atoms with van der Waals surface area (Å²) in [4.78, 5) is 26.0. The van der Waals surface area contributed by atoms with Gasteiger partial charge in [-0.3, -0.25) is 9.59 Å². The fraction of sp³-hybridized carbons (Fsp3) is 0.333. The summed E-state index contributed by atoms with van der Waals surface area (Å²) >= 11 is 12.1. The van der Waals surface area contributed by atoms with Gasteiger partial charge in [-0.15, -0.1) is 0 Å². The minimum absolute atomic E-state index is 0.0164. The van der Waals surface area contributed by atoms with Gasteiger partial charge < -0.3 is 15.0 Å². The average Bonchev–Trinajstić information content (AvgIpc) is 3.04. The van der Waals surface area contributed by atoms with E-state index in [1.807, 2.05) is 30.3 Å². The van der Waals surface area contributed by atoms with Crippen molar-refractivity contribution in [2.45, 2.75) is 25.7 Å². The van der Waals surface area contributed by atoms with Crippen molar-refractivity contribution in [3.05, 3.63) is 52.0 Å². The van der Waals surface area contributed by atoms with Crippen LogP contribution in [0.25, 0.3) is 0 Å². The third-order valence-electron chi connectivity index (χ3n) is 5.27. The SMILES string of the molecule is O=C(CC1CCN(c2ccc(Cl)c(Cl)c2)CC1)Nc1ccc2c(c1)OC(=O)C2. The van der Waals surface area contributed by atoms with Crippen molar-refractivity contribution < 1.29 is 14.3 Å². The summed E-state index contributed by atoms with van der Waals surface area (Å²) in [6.45, 7) is 1.76. The highest BCUT2D eigenvalue weighted by Gasteiger charge is 2.23. The number of anilines is 2. The molecule has 2 aliphatic rings. The maximum absolute atomic E-state index is 12.4. The molecule has 1 saturated heterocycles. The molecule has 0 aromatic heterocycles. The van der Waals surface area contributed by atoms with Crippen molar-refractivity contribution in [2.75, 3.05) is 23.3 Å². The molecule has 1 N–H and O–H groups in total. The molecule has 2 heterocycles. The normalized spacial score (nSPS) is 16.6. The number of nitrogens with one attached hydrogen (secondary N) is 1. The van der Waals surface area contributed by atoms with Gasteiger partial charge in [-0.1, -0.05) is 29.3 Å². The van der Waals surface area contributed by atoms with Crippen LogP contribution < -0.4 is 15.0 Å². The van der Waals surface area contributed by atoms with Crippen LogP contribution in [0.3, 0.4) is 0 Å². The quantitative estimate of drug-likeness (QED) is 0.577. The summed E-state index contributed by atoms with van der Waals surface area (Å²) in [6.07, 6.45) is 2.65. The van der Waals surface area contributed by atoms with Crippen molar-refractivity contribution in [3.8, 4) is 5.75 Å². The average molecular weight is 419 g/mol. The summed E-state index contributed by atoms with van der Waals surface area (Å²) in [6, 6.07) is 11.0. The Bertz CT molecular complexity index is 924. The Kier molecular flexibility index (Phi) is 5.47. The maximum atomic E-state index is 12.4. The van der Waals surface area contributed by atoms with E-state index in [1.165, 1.54) is 0 Å². The second-order valence-corrected chi connectivity index (χ2v) is 8.07. The first-order valence-corrected chi connectivity index (χ1v) is 10.1. The lowest BCUT2D eigenvalue weighted by atomic mass is 9.93. The van der Waals surface area contributed by atoms with Crippen molar-refractivity contribution in [3.63, 3.8) is 0 Å². The van der Waals surface area contributed by atoms with Crippen LogP contribution >= 0.6 is 23.2 Å². The van der Waals surface area contributed by atoms with Gasteiger partial charge in [0.05, 0.1) is 16.5 Å². The van der Waals surface area contributed by atoms with E-state index in [0.717, 1.165) is 37.2 Å². The van der Waals surface area contributed by atoms with Gasteiger partial charge in [-0.05, 0) is 43.0 Å². The van der Waals surface area contributed by atoms with Crippen molar-refractivity contribution in [1.82, 2.24) is 0 Å². The Hall–Kier alpha value is -2.24. The zero-order valence-electron chi connectivity index (χ0n) is 15.2. The highest BCUT2D eigenvalue weighted by Crippen LogP contribution is 2.31. The molecule has 7 heteroatoms. The van der Waals surface area contributed by atoms with Gasteiger partial charge in [0.1, 0.15) is 5.75 Å². The molecule has 0 atom stereocenters. The number of carbonyl (C=O) groups excluding carboxylic acids is 2. The number of esters is 1. The van der Waals surface area contributed by atoms with Gasteiger partial charge in [0.25, 0.3) is 0 Å². The molecule has 28 heavy (non-hydrogen) atoms. The van der Waals surface area contributed by atoms with Crippen LogP contribution in [-0.4, -0.2) is 25.0 Å². The molecule has 5 nitrogen and oxygen atoms in total. The molecule has 4 rings (SSSR count). The number of amides is 1. The van der Waals surface area contributed by atoms with E-state index >= 15 is 0 Å². The monoisotopic (exact) mass is 418 g/mol. The topological polar surface area (TPSA) is 58.6 Å². The number of nitrogens with zero attached hydrogens (tertiary/aromatic N) is 1. The van der Waals surface area contributed by atoms with E-state index in [4.69, 9.17) is 27.9 Å².